The molecule has 8 N–H and O–H groups in total. The Kier molecular flexibility index (Phi) is 6.30. The van der Waals surface area contributed by atoms with Crippen LogP contribution in [0.25, 0.3) is 11.2 Å². The Labute approximate surface area is 130 Å². The number of phosphoric acid groups is 3. The largest absolute Gasteiger partial charge is 0.490 e. The molecule has 2 heterocycles. The van der Waals surface area contributed by atoms with E-state index >= 15 is 0 Å². The maximum absolute atomic E-state index is 12.4. The van der Waals surface area contributed by atoms with E-state index in [1.807, 2.05) is 0 Å². The summed E-state index contributed by atoms with van der Waals surface area (Å²) in [6.45, 7) is 0. The van der Waals surface area contributed by atoms with Gasteiger partial charge in [-0.2, -0.15) is 23.0 Å². The molecule has 0 fully saturated rings. The highest BCUT2D eigenvalue weighted by molar-refractivity contribution is 7.66. The summed E-state index contributed by atoms with van der Waals surface area (Å²) in [5, 5.41) is 0. The molecule has 2 aromatic rings. The van der Waals surface area contributed by atoms with E-state index in [0.717, 1.165) is 0 Å². The fourth-order valence-electron chi connectivity index (χ4n) is 1.11. The Balaban J connectivity index is 0.000000242. The van der Waals surface area contributed by atoms with Crippen molar-refractivity contribution in [1.82, 2.24) is 19.9 Å². The molecule has 0 radical (unpaired) electrons. The van der Waals surface area contributed by atoms with Crippen LogP contribution in [0.1, 0.15) is 0 Å². The minimum atomic E-state index is -5.46. The Morgan fingerprint density at radius 3 is 2.00 bits per heavy atom. The summed E-state index contributed by atoms with van der Waals surface area (Å²) in [5.41, 5.74) is 6.05. The quantitative estimate of drug-likeness (QED) is 0.245. The lowest BCUT2D eigenvalue weighted by Crippen LogP contribution is -1.97. The van der Waals surface area contributed by atoms with Gasteiger partial charge in [0.1, 0.15) is 5.52 Å². The number of halogens is 1. The Morgan fingerprint density at radius 2 is 1.54 bits per heavy atom. The van der Waals surface area contributed by atoms with Gasteiger partial charge in [0.25, 0.3) is 0 Å². The minimum absolute atomic E-state index is 0.0741. The zero-order chi connectivity index (χ0) is 18.8. The van der Waals surface area contributed by atoms with Crippen LogP contribution in [-0.2, 0) is 22.3 Å². The lowest BCUT2D eigenvalue weighted by Gasteiger charge is -2.11. The van der Waals surface area contributed by atoms with Crippen LogP contribution >= 0.6 is 23.5 Å². The summed E-state index contributed by atoms with van der Waals surface area (Å²) in [6, 6.07) is 0. The van der Waals surface area contributed by atoms with Crippen LogP contribution in [0, 0.1) is 6.08 Å². The lowest BCUT2D eigenvalue weighted by atomic mass is 10.5. The van der Waals surface area contributed by atoms with Gasteiger partial charge < -0.3 is 35.2 Å². The lowest BCUT2D eigenvalue weighted by molar-refractivity contribution is 0.204. The number of imidazole rings is 1. The number of fused-ring (bicyclic) bond motifs is 1. The molecule has 0 aliphatic rings. The highest BCUT2D eigenvalue weighted by Gasteiger charge is 2.38. The van der Waals surface area contributed by atoms with E-state index in [1.165, 1.54) is 6.33 Å². The number of aromatic amines is 1. The summed E-state index contributed by atoms with van der Waals surface area (Å²) in [4.78, 5) is 53.3. The molecule has 0 atom stereocenters. The number of H-pyrrole nitrogens is 1. The summed E-state index contributed by atoms with van der Waals surface area (Å²) in [6.07, 6.45) is 0.525. The molecule has 0 saturated carbocycles. The number of nitrogens with two attached hydrogens (primary N) is 1. The van der Waals surface area contributed by atoms with Gasteiger partial charge >= 0.3 is 29.5 Å². The molecule has 15 nitrogen and oxygen atoms in total. The smallest absolute Gasteiger partial charge is 0.382 e. The van der Waals surface area contributed by atoms with Crippen LogP contribution in [0.4, 0.5) is 10.2 Å². The molecule has 0 unspecified atom stereocenters. The van der Waals surface area contributed by atoms with Crippen molar-refractivity contribution < 1.29 is 51.2 Å². The average Bonchev–Trinajstić information content (AvgIpc) is 2.70. The first-order valence-corrected chi connectivity index (χ1v) is 9.73. The fourth-order valence-corrected chi connectivity index (χ4v) is 3.65. The molecular weight excluding hydrogens is 402 g/mol. The van der Waals surface area contributed by atoms with Crippen molar-refractivity contribution in [3.05, 3.63) is 12.4 Å². The first kappa shape index (κ1) is 20.7. The van der Waals surface area contributed by atoms with Crippen LogP contribution in [0.3, 0.4) is 0 Å². The highest BCUT2D eigenvalue weighted by Crippen LogP contribution is 2.64. The number of nitrogens with one attached hydrogen (secondary N) is 1. The number of rotatable bonds is 4. The van der Waals surface area contributed by atoms with Gasteiger partial charge in [-0.15, -0.1) is 0 Å². The van der Waals surface area contributed by atoms with Crippen molar-refractivity contribution in [2.45, 2.75) is 0 Å². The molecule has 0 aliphatic carbocycles. The first-order chi connectivity index (χ1) is 10.7. The second kappa shape index (κ2) is 7.29. The molecule has 24 heavy (non-hydrogen) atoms. The zero-order valence-electron chi connectivity index (χ0n) is 11.0. The van der Waals surface area contributed by atoms with Crippen LogP contribution < -0.4 is 5.73 Å². The van der Waals surface area contributed by atoms with E-state index in [0.29, 0.717) is 5.52 Å². The number of hydrogen-bond acceptors (Lipinski definition) is 9. The molecule has 0 aliphatic heterocycles. The van der Waals surface area contributed by atoms with Gasteiger partial charge in [-0.1, -0.05) is 0 Å². The second-order valence-electron chi connectivity index (χ2n) is 3.59. The molecule has 0 spiro atoms. The van der Waals surface area contributed by atoms with Crippen LogP contribution in [0.2, 0.25) is 0 Å². The number of hydrogen-bond donors (Lipinski definition) is 7. The molecule has 2 aromatic heterocycles. The average molecular weight is 411 g/mol. The van der Waals surface area contributed by atoms with Crippen LogP contribution in [0.15, 0.2) is 6.33 Å². The maximum atomic E-state index is 12.4. The molecule has 136 valence electrons. The Bertz CT molecular complexity index is 832. The molecule has 0 amide bonds. The van der Waals surface area contributed by atoms with E-state index < -0.39 is 29.5 Å². The van der Waals surface area contributed by atoms with Crippen molar-refractivity contribution >= 4 is 40.4 Å². The van der Waals surface area contributed by atoms with E-state index in [1.54, 1.807) is 0 Å². The predicted molar refractivity (Wildman–Crippen MR) is 72.1 cm³/mol. The summed E-state index contributed by atoms with van der Waals surface area (Å²) < 4.78 is 48.8. The standard InChI is InChI=1S/C5H4FN5.H5O10P3/c6-5-10-3(7)2-4(11-5)9-1-8-2;1-11(2,3)9-13(7,8)10-12(4,5)6/h1H,(H3,7,8,9,10,11);(H,7,8)(H2,1,2,3)(H2,4,5,6). The monoisotopic (exact) mass is 411 g/mol. The van der Waals surface area contributed by atoms with Gasteiger partial charge in [-0.25, -0.2) is 18.7 Å². The maximum Gasteiger partial charge on any atom is 0.490 e. The summed E-state index contributed by atoms with van der Waals surface area (Å²) >= 11 is 0. The topological polar surface area (TPSA) is 251 Å². The van der Waals surface area contributed by atoms with Crippen LogP contribution in [-0.4, -0.2) is 44.4 Å². The number of anilines is 1. The van der Waals surface area contributed by atoms with Gasteiger partial charge in [-0.3, -0.25) is 0 Å². The Hall–Kier alpha value is -1.31. The highest BCUT2D eigenvalue weighted by atomic mass is 31.3. The summed E-state index contributed by atoms with van der Waals surface area (Å²) in [7, 11) is -16.2. The zero-order valence-corrected chi connectivity index (χ0v) is 13.7. The molecule has 0 saturated heterocycles. The normalized spacial score (nSPS) is 12.8. The number of aromatic nitrogens is 4. The van der Waals surface area contributed by atoms with Crippen molar-refractivity contribution in [3.8, 4) is 0 Å². The van der Waals surface area contributed by atoms with Crippen molar-refractivity contribution in [1.29, 1.82) is 0 Å². The van der Waals surface area contributed by atoms with Crippen LogP contribution in [0.5, 0.6) is 0 Å². The van der Waals surface area contributed by atoms with E-state index in [4.69, 9.17) is 30.2 Å². The van der Waals surface area contributed by atoms with Gasteiger partial charge in [0.05, 0.1) is 6.33 Å². The Morgan fingerprint density at radius 1 is 1.04 bits per heavy atom. The second-order valence-corrected chi connectivity index (χ2v) is 7.80. The third-order valence-electron chi connectivity index (χ3n) is 1.71. The fraction of sp³-hybridized carbons (Fsp3) is 0. The van der Waals surface area contributed by atoms with Crippen molar-refractivity contribution in [2.24, 2.45) is 0 Å². The molecule has 0 bridgehead atoms. The molecule has 2 rings (SSSR count). The molecule has 19 heteroatoms. The van der Waals surface area contributed by atoms with Crippen molar-refractivity contribution in [2.75, 3.05) is 5.73 Å². The van der Waals surface area contributed by atoms with E-state index in [2.05, 4.69) is 28.6 Å². The molecule has 0 aromatic carbocycles. The van der Waals surface area contributed by atoms with Gasteiger partial charge in [0.2, 0.25) is 0 Å². The van der Waals surface area contributed by atoms with Gasteiger partial charge in [0.15, 0.2) is 11.5 Å². The summed E-state index contributed by atoms with van der Waals surface area (Å²) in [5.74, 6) is 0.0741. The number of nitrogens with zero attached hydrogens (tertiary/aromatic N) is 3. The first-order valence-electron chi connectivity index (χ1n) is 5.17. The van der Waals surface area contributed by atoms with E-state index in [9.17, 15) is 18.1 Å². The van der Waals surface area contributed by atoms with Gasteiger partial charge in [-0.05, 0) is 0 Å². The minimum Gasteiger partial charge on any atom is -0.382 e. The third-order valence-corrected chi connectivity index (χ3v) is 5.06. The number of nitrogen functional groups attached to an aromatic ring is 1. The predicted octanol–water partition coefficient (Wildman–Crippen LogP) is -0.620. The van der Waals surface area contributed by atoms with Gasteiger partial charge in [0, 0.05) is 0 Å². The SMILES string of the molecule is Nc1nc(F)nc2nc[nH]c12.O=P(O)(O)OP(=O)(O)OP(=O)(O)O. The van der Waals surface area contributed by atoms with Crippen molar-refractivity contribution in [3.63, 3.8) is 0 Å². The molecular formula is C5H9FN5O10P3. The third kappa shape index (κ3) is 7.51. The van der Waals surface area contributed by atoms with E-state index in [-0.39, 0.29) is 11.5 Å².